The number of fused-ring (bicyclic) bond motifs is 1. The molecule has 1 amide bonds. The van der Waals surface area contributed by atoms with Gasteiger partial charge in [-0.3, -0.25) is 9.78 Å². The lowest BCUT2D eigenvalue weighted by molar-refractivity contribution is -0.275. The van der Waals surface area contributed by atoms with Crippen molar-refractivity contribution >= 4 is 23.5 Å². The van der Waals surface area contributed by atoms with Gasteiger partial charge in [0.1, 0.15) is 0 Å². The second kappa shape index (κ2) is 13.7. The number of nitrogens with one attached hydrogen (secondary N) is 1. The number of carbonyl (C=O) groups excluding carboxylic acids is 3. The standard InChI is InChI=1S/C36H35N3O7/c1-22-31(20-39(2)17-15-27-7-3-4-16-37-27)44-36(45-32(22)24-11-9-23(21-40)10-12-24)26-6-5-8-28(18-26)38-33(41)25-13-14-29-30(19-25)35(43)46-34(29)42/h3-14,16,18-19,22,31-32,36,40H,15,17,20-21H2,1-2H3,(H,38,41). The van der Waals surface area contributed by atoms with Gasteiger partial charge in [-0.05, 0) is 60.6 Å². The lowest BCUT2D eigenvalue weighted by Crippen LogP contribution is -2.44. The van der Waals surface area contributed by atoms with Crippen molar-refractivity contribution in [1.29, 1.82) is 0 Å². The normalized spacial score (nSPS) is 20.8. The van der Waals surface area contributed by atoms with Crippen LogP contribution in [-0.4, -0.2) is 59.1 Å². The summed E-state index contributed by atoms with van der Waals surface area (Å²) in [6, 6.07) is 25.2. The van der Waals surface area contributed by atoms with Crippen molar-refractivity contribution in [2.24, 2.45) is 5.92 Å². The van der Waals surface area contributed by atoms with Gasteiger partial charge in [-0.2, -0.15) is 0 Å². The van der Waals surface area contributed by atoms with Gasteiger partial charge in [-0.1, -0.05) is 49.4 Å². The molecule has 0 spiro atoms. The number of hydrogen-bond donors (Lipinski definition) is 2. The number of benzene rings is 3. The molecule has 10 heteroatoms. The number of esters is 2. The molecule has 4 atom stereocenters. The summed E-state index contributed by atoms with van der Waals surface area (Å²) in [6.45, 7) is 3.55. The van der Waals surface area contributed by atoms with E-state index < -0.39 is 24.1 Å². The fourth-order valence-corrected chi connectivity index (χ4v) is 5.77. The summed E-state index contributed by atoms with van der Waals surface area (Å²) in [5.41, 5.74) is 4.50. The minimum absolute atomic E-state index is 0.00907. The van der Waals surface area contributed by atoms with E-state index in [9.17, 15) is 19.5 Å². The number of likely N-dealkylation sites (N-methyl/N-ethyl adjacent to an activating group) is 1. The highest BCUT2D eigenvalue weighted by atomic mass is 16.7. The Bertz CT molecular complexity index is 1730. The van der Waals surface area contributed by atoms with Crippen molar-refractivity contribution in [3.8, 4) is 0 Å². The van der Waals surface area contributed by atoms with Gasteiger partial charge in [0, 0.05) is 54.1 Å². The first-order valence-corrected chi connectivity index (χ1v) is 15.2. The first kappa shape index (κ1) is 31.3. The summed E-state index contributed by atoms with van der Waals surface area (Å²) in [5.74, 6) is -1.92. The number of aliphatic hydroxyl groups excluding tert-OH is 1. The summed E-state index contributed by atoms with van der Waals surface area (Å²) >= 11 is 0. The molecular weight excluding hydrogens is 586 g/mol. The first-order valence-electron chi connectivity index (χ1n) is 15.2. The molecular formula is C36H35N3O7. The lowest BCUT2D eigenvalue weighted by Gasteiger charge is -2.42. The third-order valence-corrected chi connectivity index (χ3v) is 8.41. The molecule has 6 rings (SSSR count). The van der Waals surface area contributed by atoms with E-state index in [1.165, 1.54) is 18.2 Å². The Kier molecular flexibility index (Phi) is 9.32. The largest absolute Gasteiger partial charge is 0.392 e. The average molecular weight is 622 g/mol. The number of aliphatic hydroxyl groups is 1. The molecule has 46 heavy (non-hydrogen) atoms. The first-order chi connectivity index (χ1) is 22.3. The SMILES string of the molecule is CC1C(CN(C)CCc2ccccn2)OC(c2cccc(NC(=O)c3ccc4c(c3)C(=O)OC4=O)c2)OC1c1ccc(CO)cc1. The van der Waals surface area contributed by atoms with Crippen LogP contribution in [0, 0.1) is 5.92 Å². The second-order valence-corrected chi connectivity index (χ2v) is 11.7. The number of anilines is 1. The van der Waals surface area contributed by atoms with Gasteiger partial charge in [0.15, 0.2) is 6.29 Å². The van der Waals surface area contributed by atoms with Crippen molar-refractivity contribution < 1.29 is 33.7 Å². The molecule has 1 fully saturated rings. The van der Waals surface area contributed by atoms with E-state index in [0.717, 1.165) is 35.3 Å². The molecule has 1 saturated heterocycles. The van der Waals surface area contributed by atoms with Crippen LogP contribution in [0.5, 0.6) is 0 Å². The molecule has 0 aliphatic carbocycles. The Labute approximate surface area is 266 Å². The maximum atomic E-state index is 13.1. The van der Waals surface area contributed by atoms with Crippen molar-refractivity contribution in [2.75, 3.05) is 25.5 Å². The highest BCUT2D eigenvalue weighted by Crippen LogP contribution is 2.42. The molecule has 0 bridgehead atoms. The van der Waals surface area contributed by atoms with Crippen molar-refractivity contribution in [3.63, 3.8) is 0 Å². The predicted molar refractivity (Wildman–Crippen MR) is 169 cm³/mol. The molecule has 236 valence electrons. The van der Waals surface area contributed by atoms with Gasteiger partial charge in [-0.25, -0.2) is 9.59 Å². The van der Waals surface area contributed by atoms with Crippen LogP contribution in [0.4, 0.5) is 5.69 Å². The van der Waals surface area contributed by atoms with Crippen molar-refractivity contribution in [3.05, 3.63) is 130 Å². The summed E-state index contributed by atoms with van der Waals surface area (Å²) in [5, 5.41) is 12.4. The zero-order chi connectivity index (χ0) is 32.2. The van der Waals surface area contributed by atoms with E-state index in [1.54, 1.807) is 18.3 Å². The third kappa shape index (κ3) is 6.90. The number of pyridine rings is 1. The Morgan fingerprint density at radius 2 is 1.72 bits per heavy atom. The Balaban J connectivity index is 1.20. The molecule has 3 heterocycles. The van der Waals surface area contributed by atoms with Crippen LogP contribution in [0.2, 0.25) is 0 Å². The van der Waals surface area contributed by atoms with E-state index >= 15 is 0 Å². The fraction of sp³-hybridized carbons (Fsp3) is 0.278. The minimum Gasteiger partial charge on any atom is -0.392 e. The van der Waals surface area contributed by atoms with Crippen LogP contribution < -0.4 is 5.32 Å². The summed E-state index contributed by atoms with van der Waals surface area (Å²) < 4.78 is 17.8. The molecule has 4 unspecified atom stereocenters. The maximum Gasteiger partial charge on any atom is 0.346 e. The Hall–Kier alpha value is -4.74. The summed E-state index contributed by atoms with van der Waals surface area (Å²) in [6.07, 6.45) is 1.44. The highest BCUT2D eigenvalue weighted by Gasteiger charge is 2.39. The third-order valence-electron chi connectivity index (χ3n) is 8.41. The summed E-state index contributed by atoms with van der Waals surface area (Å²) in [7, 11) is 2.07. The Morgan fingerprint density at radius 3 is 2.48 bits per heavy atom. The van der Waals surface area contributed by atoms with E-state index in [1.807, 2.05) is 54.6 Å². The number of amides is 1. The van der Waals surface area contributed by atoms with Gasteiger partial charge in [0.25, 0.3) is 5.91 Å². The maximum absolute atomic E-state index is 13.1. The van der Waals surface area contributed by atoms with Crippen LogP contribution in [0.25, 0.3) is 0 Å². The van der Waals surface area contributed by atoms with Gasteiger partial charge in [0.05, 0.1) is 29.9 Å². The zero-order valence-electron chi connectivity index (χ0n) is 25.6. The molecule has 0 radical (unpaired) electrons. The van der Waals surface area contributed by atoms with E-state index in [-0.39, 0.29) is 41.4 Å². The smallest absolute Gasteiger partial charge is 0.346 e. The number of ether oxygens (including phenoxy) is 3. The highest BCUT2D eigenvalue weighted by molar-refractivity contribution is 6.16. The zero-order valence-corrected chi connectivity index (χ0v) is 25.6. The van der Waals surface area contributed by atoms with Crippen LogP contribution in [0.3, 0.4) is 0 Å². The van der Waals surface area contributed by atoms with E-state index in [4.69, 9.17) is 9.47 Å². The number of carbonyl (C=O) groups is 3. The summed E-state index contributed by atoms with van der Waals surface area (Å²) in [4.78, 5) is 43.6. The molecule has 2 aliphatic heterocycles. The monoisotopic (exact) mass is 621 g/mol. The number of hydrogen-bond acceptors (Lipinski definition) is 9. The number of nitrogens with zero attached hydrogens (tertiary/aromatic N) is 2. The Morgan fingerprint density at radius 1 is 0.913 bits per heavy atom. The molecule has 10 nitrogen and oxygen atoms in total. The number of cyclic esters (lactones) is 2. The molecule has 0 saturated carbocycles. The fourth-order valence-electron chi connectivity index (χ4n) is 5.77. The molecule has 2 N–H and O–H groups in total. The number of aromatic nitrogens is 1. The van der Waals surface area contributed by atoms with E-state index in [2.05, 4.69) is 33.9 Å². The lowest BCUT2D eigenvalue weighted by atomic mass is 9.90. The topological polar surface area (TPSA) is 127 Å². The van der Waals surface area contributed by atoms with Gasteiger partial charge in [-0.15, -0.1) is 0 Å². The van der Waals surface area contributed by atoms with Gasteiger partial charge >= 0.3 is 11.9 Å². The van der Waals surface area contributed by atoms with Crippen LogP contribution >= 0.6 is 0 Å². The van der Waals surface area contributed by atoms with Crippen LogP contribution in [0.1, 0.15) is 72.8 Å². The van der Waals surface area contributed by atoms with Crippen LogP contribution in [0.15, 0.2) is 91.1 Å². The molecule has 1 aromatic heterocycles. The van der Waals surface area contributed by atoms with Crippen molar-refractivity contribution in [2.45, 2.75) is 38.4 Å². The van der Waals surface area contributed by atoms with Gasteiger partial charge in [0.2, 0.25) is 0 Å². The predicted octanol–water partition coefficient (Wildman–Crippen LogP) is 5.10. The van der Waals surface area contributed by atoms with Crippen LogP contribution in [-0.2, 0) is 27.2 Å². The van der Waals surface area contributed by atoms with Gasteiger partial charge < -0.3 is 29.5 Å². The molecule has 3 aromatic carbocycles. The number of rotatable bonds is 10. The average Bonchev–Trinajstić information content (AvgIpc) is 3.37. The van der Waals surface area contributed by atoms with Crippen molar-refractivity contribution in [1.82, 2.24) is 9.88 Å². The quantitative estimate of drug-likeness (QED) is 0.184. The second-order valence-electron chi connectivity index (χ2n) is 11.7. The van der Waals surface area contributed by atoms with E-state index in [0.29, 0.717) is 12.2 Å². The molecule has 4 aromatic rings. The minimum atomic E-state index is -0.769. The molecule has 2 aliphatic rings.